The first-order valence-corrected chi connectivity index (χ1v) is 9.28. The Morgan fingerprint density at radius 2 is 1.71 bits per heavy atom. The van der Waals surface area contributed by atoms with E-state index in [0.717, 1.165) is 16.6 Å². The normalized spacial score (nSPS) is 12.6. The summed E-state index contributed by atoms with van der Waals surface area (Å²) in [5, 5.41) is 0. The van der Waals surface area contributed by atoms with Gasteiger partial charge in [0.05, 0.1) is 22.5 Å². The lowest BCUT2D eigenvalue weighted by Gasteiger charge is -2.22. The molecule has 0 aliphatic heterocycles. The van der Waals surface area contributed by atoms with Crippen molar-refractivity contribution in [1.29, 1.82) is 0 Å². The molecule has 2 N–H and O–H groups in total. The number of nitrogens with zero attached hydrogens (tertiary/aromatic N) is 1. The van der Waals surface area contributed by atoms with Gasteiger partial charge < -0.3 is 4.98 Å². The highest BCUT2D eigenvalue weighted by Gasteiger charge is 2.25. The van der Waals surface area contributed by atoms with E-state index in [1.807, 2.05) is 57.2 Å². The minimum absolute atomic E-state index is 0.121. The van der Waals surface area contributed by atoms with Gasteiger partial charge in [0, 0.05) is 0 Å². The molecule has 1 heterocycles. The molecule has 0 atom stereocenters. The maximum atomic E-state index is 12.7. The predicted molar refractivity (Wildman–Crippen MR) is 95.3 cm³/mol. The van der Waals surface area contributed by atoms with Gasteiger partial charge in [-0.05, 0) is 29.2 Å². The van der Waals surface area contributed by atoms with E-state index >= 15 is 0 Å². The SMILES string of the molecule is CC(C)(C)c1ccccc1S(=O)(=O)NCc1nc2ccccc2[nH]1. The van der Waals surface area contributed by atoms with Gasteiger partial charge in [-0.1, -0.05) is 51.1 Å². The molecule has 126 valence electrons. The second kappa shape index (κ2) is 6.03. The largest absolute Gasteiger partial charge is 0.341 e. The molecular weight excluding hydrogens is 322 g/mol. The molecule has 3 rings (SSSR count). The van der Waals surface area contributed by atoms with E-state index in [1.54, 1.807) is 12.1 Å². The van der Waals surface area contributed by atoms with Gasteiger partial charge in [0.25, 0.3) is 0 Å². The van der Waals surface area contributed by atoms with E-state index < -0.39 is 10.0 Å². The van der Waals surface area contributed by atoms with E-state index in [-0.39, 0.29) is 12.0 Å². The zero-order valence-electron chi connectivity index (χ0n) is 14.0. The van der Waals surface area contributed by atoms with E-state index in [1.165, 1.54) is 0 Å². The van der Waals surface area contributed by atoms with Crippen LogP contribution >= 0.6 is 0 Å². The van der Waals surface area contributed by atoms with Crippen LogP contribution in [0.25, 0.3) is 11.0 Å². The monoisotopic (exact) mass is 343 g/mol. The van der Waals surface area contributed by atoms with Crippen LogP contribution in [0.4, 0.5) is 0 Å². The van der Waals surface area contributed by atoms with Crippen molar-refractivity contribution < 1.29 is 8.42 Å². The van der Waals surface area contributed by atoms with Crippen molar-refractivity contribution in [3.63, 3.8) is 0 Å². The molecule has 0 unspecified atom stereocenters. The molecular formula is C18H21N3O2S. The van der Waals surface area contributed by atoms with Crippen LogP contribution in [0.2, 0.25) is 0 Å². The predicted octanol–water partition coefficient (Wildman–Crippen LogP) is 3.34. The van der Waals surface area contributed by atoms with Crippen LogP contribution in [-0.4, -0.2) is 18.4 Å². The molecule has 0 saturated heterocycles. The molecule has 0 spiro atoms. The van der Waals surface area contributed by atoms with Crippen molar-refractivity contribution in [3.05, 3.63) is 59.9 Å². The Labute approximate surface area is 142 Å². The Hall–Kier alpha value is -2.18. The molecule has 5 nitrogen and oxygen atoms in total. The number of sulfonamides is 1. The summed E-state index contributed by atoms with van der Waals surface area (Å²) in [6.07, 6.45) is 0. The van der Waals surface area contributed by atoms with Crippen molar-refractivity contribution in [3.8, 4) is 0 Å². The number of rotatable bonds is 4. The Morgan fingerprint density at radius 1 is 1.04 bits per heavy atom. The number of benzene rings is 2. The fourth-order valence-corrected chi connectivity index (χ4v) is 4.05. The van der Waals surface area contributed by atoms with E-state index in [9.17, 15) is 8.42 Å². The van der Waals surface area contributed by atoms with Gasteiger partial charge in [-0.2, -0.15) is 0 Å². The lowest BCUT2D eigenvalue weighted by molar-refractivity contribution is 0.554. The van der Waals surface area contributed by atoms with Crippen molar-refractivity contribution >= 4 is 21.1 Å². The average molecular weight is 343 g/mol. The van der Waals surface area contributed by atoms with Crippen LogP contribution in [0.1, 0.15) is 32.2 Å². The molecule has 0 saturated carbocycles. The molecule has 2 aromatic carbocycles. The molecule has 0 radical (unpaired) electrons. The summed E-state index contributed by atoms with van der Waals surface area (Å²) < 4.78 is 28.1. The fourth-order valence-electron chi connectivity index (χ4n) is 2.65. The van der Waals surface area contributed by atoms with Gasteiger partial charge in [-0.25, -0.2) is 18.1 Å². The van der Waals surface area contributed by atoms with Gasteiger partial charge in [0.1, 0.15) is 5.82 Å². The first kappa shape index (κ1) is 16.7. The van der Waals surface area contributed by atoms with Crippen LogP contribution in [0.15, 0.2) is 53.4 Å². The topological polar surface area (TPSA) is 74.8 Å². The van der Waals surface area contributed by atoms with Gasteiger partial charge in [-0.3, -0.25) is 0 Å². The quantitative estimate of drug-likeness (QED) is 0.763. The highest BCUT2D eigenvalue weighted by Crippen LogP contribution is 2.28. The number of fused-ring (bicyclic) bond motifs is 1. The average Bonchev–Trinajstić information content (AvgIpc) is 2.95. The number of H-pyrrole nitrogens is 1. The molecule has 0 aliphatic rings. The molecule has 0 bridgehead atoms. The maximum Gasteiger partial charge on any atom is 0.241 e. The van der Waals surface area contributed by atoms with E-state index in [2.05, 4.69) is 14.7 Å². The van der Waals surface area contributed by atoms with Crippen LogP contribution in [0, 0.1) is 0 Å². The minimum atomic E-state index is -3.62. The zero-order chi connectivity index (χ0) is 17.4. The molecule has 0 fully saturated rings. The van der Waals surface area contributed by atoms with E-state index in [4.69, 9.17) is 0 Å². The second-order valence-corrected chi connectivity index (χ2v) is 8.51. The number of imidazole rings is 1. The number of hydrogen-bond donors (Lipinski definition) is 2. The minimum Gasteiger partial charge on any atom is -0.341 e. The number of aromatic amines is 1. The van der Waals surface area contributed by atoms with Gasteiger partial charge in [0.2, 0.25) is 10.0 Å². The third kappa shape index (κ3) is 3.34. The van der Waals surface area contributed by atoms with Gasteiger partial charge in [-0.15, -0.1) is 0 Å². The molecule has 1 aromatic heterocycles. The van der Waals surface area contributed by atoms with Gasteiger partial charge >= 0.3 is 0 Å². The first-order valence-electron chi connectivity index (χ1n) is 7.80. The Balaban J connectivity index is 1.87. The zero-order valence-corrected chi connectivity index (χ0v) is 14.8. The number of aromatic nitrogens is 2. The third-order valence-electron chi connectivity index (χ3n) is 3.85. The molecule has 0 amide bonds. The highest BCUT2D eigenvalue weighted by molar-refractivity contribution is 7.89. The standard InChI is InChI=1S/C18H21N3O2S/c1-18(2,3)13-8-4-7-11-16(13)24(22,23)19-12-17-20-14-9-5-6-10-15(14)21-17/h4-11,19H,12H2,1-3H3,(H,20,21). The smallest absolute Gasteiger partial charge is 0.241 e. The molecule has 6 heteroatoms. The summed E-state index contributed by atoms with van der Waals surface area (Å²) in [7, 11) is -3.62. The number of para-hydroxylation sites is 2. The second-order valence-electron chi connectivity index (χ2n) is 6.77. The first-order chi connectivity index (χ1) is 11.3. The fraction of sp³-hybridized carbons (Fsp3) is 0.278. The van der Waals surface area contributed by atoms with Crippen LogP contribution in [0.3, 0.4) is 0 Å². The van der Waals surface area contributed by atoms with Crippen molar-refractivity contribution in [2.75, 3.05) is 0 Å². The maximum absolute atomic E-state index is 12.7. The summed E-state index contributed by atoms with van der Waals surface area (Å²) in [5.41, 5.74) is 2.25. The lowest BCUT2D eigenvalue weighted by atomic mass is 9.87. The Morgan fingerprint density at radius 3 is 2.42 bits per heavy atom. The summed E-state index contributed by atoms with van der Waals surface area (Å²) in [6, 6.07) is 14.7. The van der Waals surface area contributed by atoms with Crippen molar-refractivity contribution in [2.45, 2.75) is 37.6 Å². The van der Waals surface area contributed by atoms with E-state index in [0.29, 0.717) is 10.7 Å². The summed E-state index contributed by atoms with van der Waals surface area (Å²) in [5.74, 6) is 0.591. The molecule has 3 aromatic rings. The molecule has 0 aliphatic carbocycles. The van der Waals surface area contributed by atoms with Gasteiger partial charge in [0.15, 0.2) is 0 Å². The summed E-state index contributed by atoms with van der Waals surface area (Å²) in [4.78, 5) is 7.84. The van der Waals surface area contributed by atoms with Crippen molar-refractivity contribution in [2.24, 2.45) is 0 Å². The highest BCUT2D eigenvalue weighted by atomic mass is 32.2. The third-order valence-corrected chi connectivity index (χ3v) is 5.31. The summed E-state index contributed by atoms with van der Waals surface area (Å²) in [6.45, 7) is 6.12. The Bertz CT molecular complexity index is 936. The number of hydrogen-bond acceptors (Lipinski definition) is 3. The van der Waals surface area contributed by atoms with Crippen LogP contribution in [-0.2, 0) is 22.0 Å². The van der Waals surface area contributed by atoms with Crippen molar-refractivity contribution in [1.82, 2.24) is 14.7 Å². The Kier molecular flexibility index (Phi) is 4.19. The molecule has 24 heavy (non-hydrogen) atoms. The van der Waals surface area contributed by atoms with Crippen LogP contribution < -0.4 is 4.72 Å². The lowest BCUT2D eigenvalue weighted by Crippen LogP contribution is -2.27. The van der Waals surface area contributed by atoms with Crippen LogP contribution in [0.5, 0.6) is 0 Å². The number of nitrogens with one attached hydrogen (secondary N) is 2. The summed E-state index contributed by atoms with van der Waals surface area (Å²) >= 11 is 0.